The van der Waals surface area contributed by atoms with Gasteiger partial charge in [-0.15, -0.1) is 11.3 Å². The summed E-state index contributed by atoms with van der Waals surface area (Å²) in [7, 11) is 1.90. The van der Waals surface area contributed by atoms with Crippen LogP contribution in [0.1, 0.15) is 17.3 Å². The Morgan fingerprint density at radius 1 is 1.67 bits per heavy atom. The number of rotatable bonds is 3. The molecule has 15 heavy (non-hydrogen) atoms. The lowest BCUT2D eigenvalue weighted by atomic mass is 10.1. The smallest absolute Gasteiger partial charge is 0.0886 e. The number of aromatic nitrogens is 2. The number of aryl methyl sites for hydroxylation is 1. The van der Waals surface area contributed by atoms with Crippen molar-refractivity contribution in [1.82, 2.24) is 15.2 Å². The van der Waals surface area contributed by atoms with Gasteiger partial charge in [0.2, 0.25) is 0 Å². The highest BCUT2D eigenvalue weighted by atomic mass is 79.9. The summed E-state index contributed by atoms with van der Waals surface area (Å²) >= 11 is 5.08. The van der Waals surface area contributed by atoms with E-state index in [1.165, 1.54) is 0 Å². The third kappa shape index (κ3) is 2.12. The Morgan fingerprint density at radius 3 is 2.93 bits per heavy atom. The predicted octanol–water partition coefficient (Wildman–Crippen LogP) is 1.80. The van der Waals surface area contributed by atoms with Gasteiger partial charge in [-0.3, -0.25) is 10.5 Å². The maximum atomic E-state index is 5.57. The van der Waals surface area contributed by atoms with Crippen LogP contribution in [0.25, 0.3) is 0 Å². The average molecular weight is 287 g/mol. The molecule has 1 atom stereocenters. The molecule has 0 fully saturated rings. The minimum atomic E-state index is -0.0138. The summed E-state index contributed by atoms with van der Waals surface area (Å²) < 4.78 is 2.91. The molecule has 2 rings (SSSR count). The van der Waals surface area contributed by atoms with Gasteiger partial charge in [0.25, 0.3) is 0 Å². The van der Waals surface area contributed by atoms with Gasteiger partial charge in [-0.25, -0.2) is 5.43 Å². The highest BCUT2D eigenvalue weighted by Crippen LogP contribution is 2.28. The van der Waals surface area contributed by atoms with Crippen molar-refractivity contribution in [3.8, 4) is 0 Å². The van der Waals surface area contributed by atoms with Crippen molar-refractivity contribution in [2.75, 3.05) is 0 Å². The standard InChI is InChI=1S/C9H11BrN4S/c1-14-7(2-3-12-14)9(13-11)6-4-8(10)15-5-6/h2-5,9,13H,11H2,1H3. The van der Waals surface area contributed by atoms with Crippen LogP contribution in [0, 0.1) is 0 Å². The first kappa shape index (κ1) is 10.8. The zero-order valence-corrected chi connectivity index (χ0v) is 10.5. The van der Waals surface area contributed by atoms with Crippen molar-refractivity contribution in [2.45, 2.75) is 6.04 Å². The number of hydrogen-bond acceptors (Lipinski definition) is 4. The Labute approximate surface area is 100 Å². The molecule has 2 aromatic heterocycles. The molecule has 6 heteroatoms. The van der Waals surface area contributed by atoms with E-state index in [-0.39, 0.29) is 6.04 Å². The molecule has 0 saturated heterocycles. The van der Waals surface area contributed by atoms with Gasteiger partial charge in [-0.2, -0.15) is 5.10 Å². The van der Waals surface area contributed by atoms with Crippen LogP contribution < -0.4 is 11.3 Å². The van der Waals surface area contributed by atoms with Gasteiger partial charge in [0.15, 0.2) is 0 Å². The largest absolute Gasteiger partial charge is 0.271 e. The van der Waals surface area contributed by atoms with E-state index in [9.17, 15) is 0 Å². The van der Waals surface area contributed by atoms with E-state index in [1.807, 2.05) is 17.8 Å². The molecular weight excluding hydrogens is 276 g/mol. The topological polar surface area (TPSA) is 55.9 Å². The normalized spacial score (nSPS) is 13.0. The number of halogens is 1. The molecule has 0 amide bonds. The fourth-order valence-corrected chi connectivity index (χ4v) is 2.70. The van der Waals surface area contributed by atoms with E-state index in [0.717, 1.165) is 15.0 Å². The number of hydrogen-bond donors (Lipinski definition) is 2. The second kappa shape index (κ2) is 4.44. The maximum absolute atomic E-state index is 5.57. The first-order chi connectivity index (χ1) is 7.22. The van der Waals surface area contributed by atoms with Crippen molar-refractivity contribution >= 4 is 27.3 Å². The lowest BCUT2D eigenvalue weighted by molar-refractivity contribution is 0.576. The first-order valence-corrected chi connectivity index (χ1v) is 6.07. The second-order valence-electron chi connectivity index (χ2n) is 3.16. The maximum Gasteiger partial charge on any atom is 0.0886 e. The summed E-state index contributed by atoms with van der Waals surface area (Å²) in [6.07, 6.45) is 1.76. The molecular formula is C9H11BrN4S. The molecule has 0 bridgehead atoms. The van der Waals surface area contributed by atoms with Crippen LogP contribution in [-0.4, -0.2) is 9.78 Å². The van der Waals surface area contributed by atoms with Crippen molar-refractivity contribution in [3.05, 3.63) is 38.8 Å². The van der Waals surface area contributed by atoms with Gasteiger partial charge in [-0.1, -0.05) is 0 Å². The number of nitrogens with zero attached hydrogens (tertiary/aromatic N) is 2. The van der Waals surface area contributed by atoms with Gasteiger partial charge in [-0.05, 0) is 39.0 Å². The second-order valence-corrected chi connectivity index (χ2v) is 5.45. The number of thiophene rings is 1. The summed E-state index contributed by atoms with van der Waals surface area (Å²) in [5, 5.41) is 6.20. The zero-order valence-electron chi connectivity index (χ0n) is 8.14. The van der Waals surface area contributed by atoms with E-state index in [4.69, 9.17) is 5.84 Å². The van der Waals surface area contributed by atoms with Crippen LogP contribution in [0.4, 0.5) is 0 Å². The monoisotopic (exact) mass is 286 g/mol. The lowest BCUT2D eigenvalue weighted by Crippen LogP contribution is -2.30. The fraction of sp³-hybridized carbons (Fsp3) is 0.222. The Morgan fingerprint density at radius 2 is 2.47 bits per heavy atom. The molecule has 0 aliphatic heterocycles. The molecule has 80 valence electrons. The van der Waals surface area contributed by atoms with E-state index in [1.54, 1.807) is 17.5 Å². The van der Waals surface area contributed by atoms with Gasteiger partial charge in [0.05, 0.1) is 15.5 Å². The highest BCUT2D eigenvalue weighted by Gasteiger charge is 2.16. The predicted molar refractivity (Wildman–Crippen MR) is 64.4 cm³/mol. The summed E-state index contributed by atoms with van der Waals surface area (Å²) in [6, 6.07) is 4.00. The van der Waals surface area contributed by atoms with Gasteiger partial charge >= 0.3 is 0 Å². The average Bonchev–Trinajstić information content (AvgIpc) is 2.79. The van der Waals surface area contributed by atoms with E-state index >= 15 is 0 Å². The molecule has 0 aromatic carbocycles. The molecule has 2 heterocycles. The molecule has 0 saturated carbocycles. The van der Waals surface area contributed by atoms with E-state index < -0.39 is 0 Å². The van der Waals surface area contributed by atoms with Crippen LogP contribution in [0.3, 0.4) is 0 Å². The first-order valence-electron chi connectivity index (χ1n) is 4.40. The van der Waals surface area contributed by atoms with E-state index in [0.29, 0.717) is 0 Å². The van der Waals surface area contributed by atoms with Crippen LogP contribution in [0.2, 0.25) is 0 Å². The van der Waals surface area contributed by atoms with Crippen molar-refractivity contribution in [1.29, 1.82) is 0 Å². The lowest BCUT2D eigenvalue weighted by Gasteiger charge is -2.14. The Balaban J connectivity index is 2.36. The van der Waals surface area contributed by atoms with Crippen LogP contribution in [-0.2, 0) is 7.05 Å². The van der Waals surface area contributed by atoms with Crippen LogP contribution in [0.15, 0.2) is 27.5 Å². The molecule has 0 aliphatic rings. The van der Waals surface area contributed by atoms with Crippen molar-refractivity contribution in [2.24, 2.45) is 12.9 Å². The Kier molecular flexibility index (Phi) is 3.20. The zero-order chi connectivity index (χ0) is 10.8. The SMILES string of the molecule is Cn1nccc1C(NN)c1csc(Br)c1. The quantitative estimate of drug-likeness (QED) is 0.668. The van der Waals surface area contributed by atoms with Gasteiger partial charge in [0, 0.05) is 13.2 Å². The van der Waals surface area contributed by atoms with Gasteiger partial charge < -0.3 is 0 Å². The summed E-state index contributed by atoms with van der Waals surface area (Å²) in [4.78, 5) is 0. The summed E-state index contributed by atoms with van der Waals surface area (Å²) in [5.41, 5.74) is 4.98. The third-order valence-electron chi connectivity index (χ3n) is 2.24. The Hall–Kier alpha value is -0.690. The molecule has 1 unspecified atom stereocenters. The Bertz CT molecular complexity index is 450. The van der Waals surface area contributed by atoms with E-state index in [2.05, 4.69) is 37.9 Å². The summed E-state index contributed by atoms with van der Waals surface area (Å²) in [6.45, 7) is 0. The molecule has 3 N–H and O–H groups in total. The van der Waals surface area contributed by atoms with Crippen LogP contribution in [0.5, 0.6) is 0 Å². The summed E-state index contributed by atoms with van der Waals surface area (Å²) in [5.74, 6) is 5.57. The van der Waals surface area contributed by atoms with Crippen LogP contribution >= 0.6 is 27.3 Å². The number of nitrogens with two attached hydrogens (primary N) is 1. The van der Waals surface area contributed by atoms with Crippen molar-refractivity contribution in [3.63, 3.8) is 0 Å². The number of hydrazine groups is 1. The third-order valence-corrected chi connectivity index (χ3v) is 3.77. The minimum absolute atomic E-state index is 0.0138. The molecule has 0 spiro atoms. The highest BCUT2D eigenvalue weighted by molar-refractivity contribution is 9.11. The molecule has 0 radical (unpaired) electrons. The van der Waals surface area contributed by atoms with Crippen molar-refractivity contribution < 1.29 is 0 Å². The number of nitrogens with one attached hydrogen (secondary N) is 1. The minimum Gasteiger partial charge on any atom is -0.271 e. The fourth-order valence-electron chi connectivity index (χ4n) is 1.49. The van der Waals surface area contributed by atoms with Gasteiger partial charge in [0.1, 0.15) is 0 Å². The molecule has 4 nitrogen and oxygen atoms in total. The molecule has 0 aliphatic carbocycles. The molecule has 2 aromatic rings.